The van der Waals surface area contributed by atoms with Gasteiger partial charge in [0.2, 0.25) is 0 Å². The number of ether oxygens (including phenoxy) is 1. The summed E-state index contributed by atoms with van der Waals surface area (Å²) >= 11 is 0. The fourth-order valence-electron chi connectivity index (χ4n) is 2.61. The molecule has 0 aliphatic carbocycles. The van der Waals surface area contributed by atoms with Gasteiger partial charge in [0.25, 0.3) is 0 Å². The van der Waals surface area contributed by atoms with Crippen molar-refractivity contribution in [2.75, 3.05) is 13.2 Å². The maximum absolute atomic E-state index is 14.3. The second-order valence-corrected chi connectivity index (χ2v) is 5.33. The Morgan fingerprint density at radius 2 is 2.30 bits per heavy atom. The summed E-state index contributed by atoms with van der Waals surface area (Å²) < 4.78 is 20.0. The Morgan fingerprint density at radius 1 is 1.55 bits per heavy atom. The lowest BCUT2D eigenvalue weighted by Crippen LogP contribution is -2.48. The third kappa shape index (κ3) is 3.16. The molecule has 1 aliphatic rings. The summed E-state index contributed by atoms with van der Waals surface area (Å²) in [4.78, 5) is 2.25. The standard InChI is InChI=1S/C15H22FN3O/c1-3-12-9-20-10(2)7-19(12)8-11-5-4-6-13(14(11)16)15(17)18/h4-6,10,12H,3,7-9H2,1-2H3,(H3,17,18). The molecular formula is C15H22FN3O. The van der Waals surface area contributed by atoms with Gasteiger partial charge in [-0.25, -0.2) is 4.39 Å². The van der Waals surface area contributed by atoms with Crippen LogP contribution in [-0.2, 0) is 11.3 Å². The number of rotatable bonds is 4. The third-order valence-corrected chi connectivity index (χ3v) is 3.79. The minimum atomic E-state index is -0.381. The Labute approximate surface area is 119 Å². The lowest BCUT2D eigenvalue weighted by molar-refractivity contribution is -0.0595. The number of hydrogen-bond donors (Lipinski definition) is 2. The smallest absolute Gasteiger partial charge is 0.138 e. The maximum Gasteiger partial charge on any atom is 0.138 e. The highest BCUT2D eigenvalue weighted by Gasteiger charge is 2.26. The fourth-order valence-corrected chi connectivity index (χ4v) is 2.61. The average molecular weight is 279 g/mol. The van der Waals surface area contributed by atoms with Crippen molar-refractivity contribution < 1.29 is 9.13 Å². The lowest BCUT2D eigenvalue weighted by Gasteiger charge is -2.38. The molecule has 4 nitrogen and oxygen atoms in total. The van der Waals surface area contributed by atoms with Crippen molar-refractivity contribution >= 4 is 5.84 Å². The molecule has 1 aliphatic heterocycles. The number of hydrogen-bond acceptors (Lipinski definition) is 3. The summed E-state index contributed by atoms with van der Waals surface area (Å²) in [5.41, 5.74) is 6.17. The predicted octanol–water partition coefficient (Wildman–Crippen LogP) is 2.11. The molecule has 20 heavy (non-hydrogen) atoms. The Kier molecular flexibility index (Phi) is 4.73. The summed E-state index contributed by atoms with van der Waals surface area (Å²) in [5.74, 6) is -0.610. The molecule has 2 atom stereocenters. The fraction of sp³-hybridized carbons (Fsp3) is 0.533. The highest BCUT2D eigenvalue weighted by atomic mass is 19.1. The second kappa shape index (κ2) is 6.33. The van der Waals surface area contributed by atoms with Crippen molar-refractivity contribution in [1.82, 2.24) is 4.90 Å². The molecule has 0 aromatic heterocycles. The van der Waals surface area contributed by atoms with Crippen molar-refractivity contribution in [1.29, 1.82) is 5.41 Å². The van der Waals surface area contributed by atoms with Gasteiger partial charge in [0.05, 0.1) is 18.3 Å². The predicted molar refractivity (Wildman–Crippen MR) is 77.3 cm³/mol. The zero-order valence-corrected chi connectivity index (χ0v) is 12.0. The van der Waals surface area contributed by atoms with Gasteiger partial charge in [0.1, 0.15) is 11.7 Å². The molecule has 2 unspecified atom stereocenters. The molecule has 1 aromatic rings. The van der Waals surface area contributed by atoms with Gasteiger partial charge in [-0.15, -0.1) is 0 Å². The highest BCUT2D eigenvalue weighted by Crippen LogP contribution is 2.20. The molecule has 1 aromatic carbocycles. The molecule has 0 spiro atoms. The van der Waals surface area contributed by atoms with Crippen LogP contribution in [0.4, 0.5) is 4.39 Å². The number of halogens is 1. The Morgan fingerprint density at radius 3 is 2.95 bits per heavy atom. The number of nitrogens with one attached hydrogen (secondary N) is 1. The summed E-state index contributed by atoms with van der Waals surface area (Å²) in [6.07, 6.45) is 1.14. The largest absolute Gasteiger partial charge is 0.384 e. The van der Waals surface area contributed by atoms with Crippen LogP contribution in [0.5, 0.6) is 0 Å². The first-order valence-electron chi connectivity index (χ1n) is 7.00. The van der Waals surface area contributed by atoms with Crippen molar-refractivity contribution in [3.8, 4) is 0 Å². The van der Waals surface area contributed by atoms with Crippen LogP contribution in [0.3, 0.4) is 0 Å². The summed E-state index contributed by atoms with van der Waals surface area (Å²) in [7, 11) is 0. The van der Waals surface area contributed by atoms with Gasteiger partial charge in [-0.2, -0.15) is 0 Å². The summed E-state index contributed by atoms with van der Waals surface area (Å²) in [6.45, 7) is 6.15. The molecule has 1 heterocycles. The van der Waals surface area contributed by atoms with E-state index in [-0.39, 0.29) is 23.3 Å². The van der Waals surface area contributed by atoms with E-state index in [9.17, 15) is 4.39 Å². The van der Waals surface area contributed by atoms with Crippen molar-refractivity contribution in [3.05, 3.63) is 35.1 Å². The van der Waals surface area contributed by atoms with Crippen LogP contribution < -0.4 is 5.73 Å². The molecular weight excluding hydrogens is 257 g/mol. The van der Waals surface area contributed by atoms with E-state index >= 15 is 0 Å². The van der Waals surface area contributed by atoms with Crippen LogP contribution >= 0.6 is 0 Å². The number of morpholine rings is 1. The number of nitrogens with zero attached hydrogens (tertiary/aromatic N) is 1. The first kappa shape index (κ1) is 14.9. The van der Waals surface area contributed by atoms with Gasteiger partial charge in [-0.1, -0.05) is 19.1 Å². The Hall–Kier alpha value is -1.46. The zero-order chi connectivity index (χ0) is 14.7. The van der Waals surface area contributed by atoms with Gasteiger partial charge >= 0.3 is 0 Å². The first-order valence-corrected chi connectivity index (χ1v) is 7.00. The molecule has 110 valence electrons. The molecule has 0 bridgehead atoms. The van der Waals surface area contributed by atoms with E-state index in [1.165, 1.54) is 0 Å². The van der Waals surface area contributed by atoms with Gasteiger partial charge in [-0.3, -0.25) is 10.3 Å². The van der Waals surface area contributed by atoms with Crippen LogP contribution in [0, 0.1) is 11.2 Å². The maximum atomic E-state index is 14.3. The topological polar surface area (TPSA) is 62.3 Å². The average Bonchev–Trinajstić information content (AvgIpc) is 2.41. The number of nitrogen functional groups attached to an aromatic ring is 1. The number of nitrogens with two attached hydrogens (primary N) is 1. The monoisotopic (exact) mass is 279 g/mol. The van der Waals surface area contributed by atoms with E-state index in [0.717, 1.165) is 13.0 Å². The van der Waals surface area contributed by atoms with E-state index in [1.54, 1.807) is 18.2 Å². The van der Waals surface area contributed by atoms with Crippen molar-refractivity contribution in [3.63, 3.8) is 0 Å². The molecule has 5 heteroatoms. The third-order valence-electron chi connectivity index (χ3n) is 3.79. The van der Waals surface area contributed by atoms with Crippen LogP contribution in [0.1, 0.15) is 31.4 Å². The summed E-state index contributed by atoms with van der Waals surface area (Å²) in [6, 6.07) is 5.36. The first-order chi connectivity index (χ1) is 9.52. The van der Waals surface area contributed by atoms with Crippen molar-refractivity contribution in [2.24, 2.45) is 5.73 Å². The minimum Gasteiger partial charge on any atom is -0.384 e. The Bertz CT molecular complexity index is 492. The number of benzene rings is 1. The second-order valence-electron chi connectivity index (χ2n) is 5.33. The molecule has 0 amide bonds. The van der Waals surface area contributed by atoms with Gasteiger partial charge in [-0.05, 0) is 19.4 Å². The van der Waals surface area contributed by atoms with E-state index in [4.69, 9.17) is 15.9 Å². The van der Waals surface area contributed by atoms with E-state index in [1.807, 2.05) is 6.92 Å². The highest BCUT2D eigenvalue weighted by molar-refractivity contribution is 5.95. The van der Waals surface area contributed by atoms with E-state index < -0.39 is 0 Å². The molecule has 2 rings (SSSR count). The van der Waals surface area contributed by atoms with E-state index in [2.05, 4.69) is 11.8 Å². The van der Waals surface area contributed by atoms with E-state index in [0.29, 0.717) is 24.8 Å². The minimum absolute atomic E-state index is 0.164. The summed E-state index contributed by atoms with van der Waals surface area (Å²) in [5, 5.41) is 7.40. The molecule has 1 fully saturated rings. The molecule has 3 N–H and O–H groups in total. The van der Waals surface area contributed by atoms with Crippen LogP contribution in [-0.4, -0.2) is 36.0 Å². The quantitative estimate of drug-likeness (QED) is 0.655. The zero-order valence-electron chi connectivity index (χ0n) is 12.0. The molecule has 0 saturated carbocycles. The normalized spacial score (nSPS) is 23.8. The van der Waals surface area contributed by atoms with Crippen LogP contribution in [0.15, 0.2) is 18.2 Å². The SMILES string of the molecule is CCC1COC(C)CN1Cc1cccc(C(=N)N)c1F. The van der Waals surface area contributed by atoms with Gasteiger partial charge in [0, 0.05) is 24.7 Å². The number of amidine groups is 1. The van der Waals surface area contributed by atoms with Crippen molar-refractivity contribution in [2.45, 2.75) is 39.0 Å². The van der Waals surface area contributed by atoms with Gasteiger partial charge in [0.15, 0.2) is 0 Å². The molecule has 1 saturated heterocycles. The lowest BCUT2D eigenvalue weighted by atomic mass is 10.1. The molecule has 0 radical (unpaired) electrons. The van der Waals surface area contributed by atoms with Crippen LogP contribution in [0.2, 0.25) is 0 Å². The Balaban J connectivity index is 2.20. The van der Waals surface area contributed by atoms with Crippen LogP contribution in [0.25, 0.3) is 0 Å². The van der Waals surface area contributed by atoms with Gasteiger partial charge < -0.3 is 10.5 Å².